The summed E-state index contributed by atoms with van der Waals surface area (Å²) in [5.74, 6) is 0.539. The molecule has 4 atom stereocenters. The SMILES string of the molecule is Cc1ccc(CC(=O)C2C(C)OC(C)C2C)nc1. The summed E-state index contributed by atoms with van der Waals surface area (Å²) in [6, 6.07) is 3.93. The Bertz CT molecular complexity index is 427. The molecule has 1 fully saturated rings. The predicted octanol–water partition coefficient (Wildman–Crippen LogP) is 2.56. The van der Waals surface area contributed by atoms with Gasteiger partial charge < -0.3 is 4.74 Å². The highest BCUT2D eigenvalue weighted by molar-refractivity contribution is 5.84. The molecule has 1 aliphatic rings. The Morgan fingerprint density at radius 1 is 1.28 bits per heavy atom. The van der Waals surface area contributed by atoms with Crippen molar-refractivity contribution < 1.29 is 9.53 Å². The first-order valence-electron chi connectivity index (χ1n) is 6.58. The fourth-order valence-electron chi connectivity index (χ4n) is 2.72. The normalized spacial score (nSPS) is 31.6. The summed E-state index contributed by atoms with van der Waals surface area (Å²) in [6.07, 6.45) is 2.41. The van der Waals surface area contributed by atoms with E-state index in [1.54, 1.807) is 0 Å². The Morgan fingerprint density at radius 3 is 2.50 bits per heavy atom. The van der Waals surface area contributed by atoms with Crippen molar-refractivity contribution in [1.29, 1.82) is 0 Å². The van der Waals surface area contributed by atoms with Crippen LogP contribution in [-0.2, 0) is 16.0 Å². The van der Waals surface area contributed by atoms with E-state index in [2.05, 4.69) is 11.9 Å². The van der Waals surface area contributed by atoms with Gasteiger partial charge in [-0.25, -0.2) is 0 Å². The van der Waals surface area contributed by atoms with Gasteiger partial charge in [0.1, 0.15) is 5.78 Å². The van der Waals surface area contributed by atoms with Gasteiger partial charge in [0.05, 0.1) is 12.2 Å². The van der Waals surface area contributed by atoms with Crippen molar-refractivity contribution in [3.05, 3.63) is 29.6 Å². The van der Waals surface area contributed by atoms with E-state index in [0.29, 0.717) is 6.42 Å². The van der Waals surface area contributed by atoms with Crippen LogP contribution in [0, 0.1) is 18.8 Å². The lowest BCUT2D eigenvalue weighted by Gasteiger charge is -2.16. The highest BCUT2D eigenvalue weighted by atomic mass is 16.5. The van der Waals surface area contributed by atoms with Crippen molar-refractivity contribution in [3.8, 4) is 0 Å². The van der Waals surface area contributed by atoms with E-state index in [-0.39, 0.29) is 29.8 Å². The minimum atomic E-state index is 0.00287. The summed E-state index contributed by atoms with van der Waals surface area (Å²) >= 11 is 0. The summed E-state index contributed by atoms with van der Waals surface area (Å²) in [5, 5.41) is 0. The lowest BCUT2D eigenvalue weighted by atomic mass is 9.84. The molecule has 2 rings (SSSR count). The maximum atomic E-state index is 12.3. The van der Waals surface area contributed by atoms with E-state index >= 15 is 0 Å². The standard InChI is InChI=1S/C15H21NO2/c1-9-5-6-13(16-8-9)7-14(17)15-10(2)11(3)18-12(15)4/h5-6,8,10-12,15H,7H2,1-4H3. The lowest BCUT2D eigenvalue weighted by molar-refractivity contribution is -0.124. The molecule has 18 heavy (non-hydrogen) atoms. The van der Waals surface area contributed by atoms with Gasteiger partial charge in [-0.1, -0.05) is 13.0 Å². The Kier molecular flexibility index (Phi) is 3.81. The predicted molar refractivity (Wildman–Crippen MR) is 70.3 cm³/mol. The molecule has 0 radical (unpaired) electrons. The van der Waals surface area contributed by atoms with Crippen molar-refractivity contribution in [2.45, 2.75) is 46.3 Å². The van der Waals surface area contributed by atoms with Gasteiger partial charge in [-0.3, -0.25) is 9.78 Å². The molecule has 0 N–H and O–H groups in total. The second-order valence-corrected chi connectivity index (χ2v) is 5.40. The Morgan fingerprint density at radius 2 is 2.00 bits per heavy atom. The van der Waals surface area contributed by atoms with Crippen LogP contribution in [0.1, 0.15) is 32.0 Å². The first-order chi connectivity index (χ1) is 8.49. The Hall–Kier alpha value is -1.22. The van der Waals surface area contributed by atoms with E-state index in [9.17, 15) is 4.79 Å². The molecule has 0 spiro atoms. The number of aryl methyl sites for hydroxylation is 1. The van der Waals surface area contributed by atoms with E-state index in [4.69, 9.17) is 4.74 Å². The van der Waals surface area contributed by atoms with Crippen LogP contribution < -0.4 is 0 Å². The zero-order valence-electron chi connectivity index (χ0n) is 11.5. The second kappa shape index (κ2) is 5.19. The topological polar surface area (TPSA) is 39.2 Å². The molecule has 0 amide bonds. The van der Waals surface area contributed by atoms with Gasteiger partial charge in [-0.2, -0.15) is 0 Å². The third-order valence-corrected chi connectivity index (χ3v) is 3.94. The van der Waals surface area contributed by atoms with Gasteiger partial charge >= 0.3 is 0 Å². The van der Waals surface area contributed by atoms with Gasteiger partial charge in [0, 0.05) is 24.2 Å². The molecule has 1 aliphatic heterocycles. The van der Waals surface area contributed by atoms with Crippen molar-refractivity contribution in [2.24, 2.45) is 11.8 Å². The highest BCUT2D eigenvalue weighted by Gasteiger charge is 2.41. The number of ketones is 1. The fourth-order valence-corrected chi connectivity index (χ4v) is 2.72. The molecule has 0 bridgehead atoms. The van der Waals surface area contributed by atoms with Crippen LogP contribution in [0.5, 0.6) is 0 Å². The van der Waals surface area contributed by atoms with Crippen LogP contribution in [0.4, 0.5) is 0 Å². The van der Waals surface area contributed by atoms with Crippen LogP contribution >= 0.6 is 0 Å². The molecular formula is C15H21NO2. The van der Waals surface area contributed by atoms with E-state index in [0.717, 1.165) is 11.3 Å². The first-order valence-corrected chi connectivity index (χ1v) is 6.58. The minimum absolute atomic E-state index is 0.00287. The molecule has 1 aromatic heterocycles. The zero-order chi connectivity index (χ0) is 13.3. The number of carbonyl (C=O) groups is 1. The van der Waals surface area contributed by atoms with Gasteiger partial charge in [-0.15, -0.1) is 0 Å². The van der Waals surface area contributed by atoms with Gasteiger partial charge in [0.25, 0.3) is 0 Å². The largest absolute Gasteiger partial charge is 0.375 e. The van der Waals surface area contributed by atoms with E-state index in [1.807, 2.05) is 39.1 Å². The molecule has 1 saturated heterocycles. The summed E-state index contributed by atoms with van der Waals surface area (Å²) in [4.78, 5) is 16.6. The first kappa shape index (κ1) is 13.2. The quantitative estimate of drug-likeness (QED) is 0.824. The van der Waals surface area contributed by atoms with Crippen LogP contribution in [-0.4, -0.2) is 23.0 Å². The number of rotatable bonds is 3. The summed E-state index contributed by atoms with van der Waals surface area (Å²) in [7, 11) is 0. The molecule has 0 aromatic carbocycles. The number of ether oxygens (including phenoxy) is 1. The summed E-state index contributed by atoms with van der Waals surface area (Å²) < 4.78 is 5.72. The van der Waals surface area contributed by atoms with Crippen LogP contribution in [0.15, 0.2) is 18.3 Å². The van der Waals surface area contributed by atoms with Gasteiger partial charge in [0.15, 0.2) is 0 Å². The second-order valence-electron chi connectivity index (χ2n) is 5.40. The van der Waals surface area contributed by atoms with Gasteiger partial charge in [-0.05, 0) is 38.3 Å². The molecule has 0 saturated carbocycles. The van der Waals surface area contributed by atoms with Crippen molar-refractivity contribution >= 4 is 5.78 Å². The molecule has 0 aliphatic carbocycles. The maximum Gasteiger partial charge on any atom is 0.144 e. The van der Waals surface area contributed by atoms with Crippen molar-refractivity contribution in [2.75, 3.05) is 0 Å². The molecule has 4 unspecified atom stereocenters. The highest BCUT2D eigenvalue weighted by Crippen LogP contribution is 2.33. The molecule has 3 nitrogen and oxygen atoms in total. The number of aromatic nitrogens is 1. The van der Waals surface area contributed by atoms with E-state index < -0.39 is 0 Å². The molecule has 98 valence electrons. The average Bonchev–Trinajstić information content (AvgIpc) is 2.56. The number of pyridine rings is 1. The molecule has 2 heterocycles. The summed E-state index contributed by atoms with van der Waals surface area (Å²) in [6.45, 7) is 8.12. The van der Waals surface area contributed by atoms with Crippen molar-refractivity contribution in [3.63, 3.8) is 0 Å². The number of carbonyl (C=O) groups excluding carboxylic acids is 1. The molecular weight excluding hydrogens is 226 g/mol. The zero-order valence-corrected chi connectivity index (χ0v) is 11.5. The lowest BCUT2D eigenvalue weighted by Crippen LogP contribution is -2.28. The van der Waals surface area contributed by atoms with Crippen LogP contribution in [0.2, 0.25) is 0 Å². The van der Waals surface area contributed by atoms with Gasteiger partial charge in [0.2, 0.25) is 0 Å². The monoisotopic (exact) mass is 247 g/mol. The number of Topliss-reactive ketones (excluding diaryl/α,β-unsaturated/α-hetero) is 1. The minimum Gasteiger partial charge on any atom is -0.375 e. The van der Waals surface area contributed by atoms with Crippen molar-refractivity contribution in [1.82, 2.24) is 4.98 Å². The van der Waals surface area contributed by atoms with Crippen LogP contribution in [0.25, 0.3) is 0 Å². The number of nitrogens with zero attached hydrogens (tertiary/aromatic N) is 1. The summed E-state index contributed by atoms with van der Waals surface area (Å²) in [5.41, 5.74) is 1.97. The maximum absolute atomic E-state index is 12.3. The van der Waals surface area contributed by atoms with E-state index in [1.165, 1.54) is 0 Å². The molecule has 3 heteroatoms. The third-order valence-electron chi connectivity index (χ3n) is 3.94. The number of hydrogen-bond acceptors (Lipinski definition) is 3. The smallest absolute Gasteiger partial charge is 0.144 e. The number of hydrogen-bond donors (Lipinski definition) is 0. The fraction of sp³-hybridized carbons (Fsp3) is 0.600. The third kappa shape index (κ3) is 2.61. The van der Waals surface area contributed by atoms with Crippen LogP contribution in [0.3, 0.4) is 0 Å². The molecule has 1 aromatic rings. The Labute approximate surface area is 109 Å². The Balaban J connectivity index is 2.06. The average molecular weight is 247 g/mol.